The molecule has 4 aliphatic carbocycles. The van der Waals surface area contributed by atoms with E-state index in [4.69, 9.17) is 9.15 Å². The van der Waals surface area contributed by atoms with E-state index >= 15 is 0 Å². The highest BCUT2D eigenvalue weighted by Crippen LogP contribution is 2.77. The third-order valence-electron chi connectivity index (χ3n) is 10.0. The summed E-state index contributed by atoms with van der Waals surface area (Å²) in [6, 6.07) is 3.53. The van der Waals surface area contributed by atoms with Gasteiger partial charge in [0.2, 0.25) is 0 Å². The molecule has 28 heavy (non-hydrogen) atoms. The van der Waals surface area contributed by atoms with Gasteiger partial charge in [-0.3, -0.25) is 4.79 Å². The Hall–Kier alpha value is -1.42. The average Bonchev–Trinajstić information content (AvgIpc) is 3.33. The van der Waals surface area contributed by atoms with Crippen LogP contribution < -0.4 is 5.63 Å². The minimum atomic E-state index is -0.273. The Labute approximate surface area is 166 Å². The summed E-state index contributed by atoms with van der Waals surface area (Å²) in [5, 5.41) is 0. The van der Waals surface area contributed by atoms with Crippen LogP contribution in [0, 0.1) is 28.6 Å². The zero-order valence-corrected chi connectivity index (χ0v) is 16.9. The molecule has 6 rings (SSSR count). The molecule has 8 unspecified atom stereocenters. The quantitative estimate of drug-likeness (QED) is 0.673. The number of epoxide rings is 1. The standard InChI is InChI=1S/C24H30O4/c1-22-9-7-16(25)11-15(22)4-5-18-17(22)8-10-23(2)19(12-20-24(18,23)28-20)14-3-6-21(26)27-13-14/h3,6,13,15,17-20H,4-5,7-12H2,1-2H3. The molecule has 2 heterocycles. The van der Waals surface area contributed by atoms with Crippen LogP contribution >= 0.6 is 0 Å². The van der Waals surface area contributed by atoms with Gasteiger partial charge in [0.15, 0.2) is 0 Å². The molecule has 150 valence electrons. The first kappa shape index (κ1) is 17.4. The van der Waals surface area contributed by atoms with Gasteiger partial charge in [-0.25, -0.2) is 4.79 Å². The predicted octanol–water partition coefficient (Wildman–Crippen LogP) is 4.47. The van der Waals surface area contributed by atoms with Crippen LogP contribution in [0.4, 0.5) is 0 Å². The summed E-state index contributed by atoms with van der Waals surface area (Å²) < 4.78 is 11.8. The van der Waals surface area contributed by atoms with E-state index in [1.165, 1.54) is 31.2 Å². The van der Waals surface area contributed by atoms with Crippen molar-refractivity contribution in [1.82, 2.24) is 0 Å². The molecular formula is C24H30O4. The van der Waals surface area contributed by atoms with E-state index in [1.807, 2.05) is 6.07 Å². The first-order valence-electron chi connectivity index (χ1n) is 11.2. The summed E-state index contributed by atoms with van der Waals surface area (Å²) in [4.78, 5) is 23.5. The van der Waals surface area contributed by atoms with Gasteiger partial charge in [0.05, 0.1) is 12.4 Å². The molecule has 5 fully saturated rings. The van der Waals surface area contributed by atoms with Crippen LogP contribution in [0.15, 0.2) is 27.6 Å². The number of rotatable bonds is 1. The maximum atomic E-state index is 12.1. The fourth-order valence-corrected chi connectivity index (χ4v) is 8.55. The largest absolute Gasteiger partial charge is 0.431 e. The first-order chi connectivity index (χ1) is 13.4. The molecule has 1 saturated heterocycles. The Kier molecular flexibility index (Phi) is 3.35. The van der Waals surface area contributed by atoms with Gasteiger partial charge < -0.3 is 9.15 Å². The number of ketones is 1. The molecule has 1 aromatic rings. The van der Waals surface area contributed by atoms with Crippen LogP contribution in [0.1, 0.15) is 76.7 Å². The zero-order chi connectivity index (χ0) is 19.3. The van der Waals surface area contributed by atoms with Crippen molar-refractivity contribution in [3.05, 3.63) is 34.4 Å². The summed E-state index contributed by atoms with van der Waals surface area (Å²) in [6.45, 7) is 4.92. The van der Waals surface area contributed by atoms with Gasteiger partial charge in [-0.15, -0.1) is 0 Å². The lowest BCUT2D eigenvalue weighted by atomic mass is 9.44. The number of Topliss-reactive ketones (excluding diaryl/α,β-unsaturated/α-hetero) is 1. The van der Waals surface area contributed by atoms with Crippen LogP contribution in [0.3, 0.4) is 0 Å². The van der Waals surface area contributed by atoms with Crippen molar-refractivity contribution >= 4 is 5.78 Å². The Balaban J connectivity index is 1.36. The Morgan fingerprint density at radius 2 is 1.89 bits per heavy atom. The van der Waals surface area contributed by atoms with Crippen molar-refractivity contribution in [2.45, 2.75) is 82.8 Å². The highest BCUT2D eigenvalue weighted by Gasteiger charge is 2.80. The van der Waals surface area contributed by atoms with E-state index in [0.717, 1.165) is 25.7 Å². The normalized spacial score (nSPS) is 51.6. The fourth-order valence-electron chi connectivity index (χ4n) is 8.55. The molecule has 1 spiro atoms. The van der Waals surface area contributed by atoms with E-state index in [-0.39, 0.29) is 16.6 Å². The summed E-state index contributed by atoms with van der Waals surface area (Å²) >= 11 is 0. The summed E-state index contributed by atoms with van der Waals surface area (Å²) in [5.74, 6) is 2.77. The van der Waals surface area contributed by atoms with Crippen LogP contribution in [-0.4, -0.2) is 17.5 Å². The van der Waals surface area contributed by atoms with Gasteiger partial charge in [-0.2, -0.15) is 0 Å². The lowest BCUT2D eigenvalue weighted by Crippen LogP contribution is -2.58. The predicted molar refractivity (Wildman–Crippen MR) is 104 cm³/mol. The van der Waals surface area contributed by atoms with E-state index in [1.54, 1.807) is 12.3 Å². The second-order valence-electron chi connectivity index (χ2n) is 10.8. The van der Waals surface area contributed by atoms with E-state index in [0.29, 0.717) is 41.0 Å². The van der Waals surface area contributed by atoms with Gasteiger partial charge in [-0.1, -0.05) is 13.8 Å². The Morgan fingerprint density at radius 3 is 2.68 bits per heavy atom. The minimum absolute atomic E-state index is 0.00611. The second-order valence-corrected chi connectivity index (χ2v) is 10.8. The third-order valence-corrected chi connectivity index (χ3v) is 10.0. The molecule has 1 aliphatic heterocycles. The van der Waals surface area contributed by atoms with Gasteiger partial charge in [0.1, 0.15) is 11.4 Å². The number of ether oxygens (including phenoxy) is 1. The van der Waals surface area contributed by atoms with E-state index in [9.17, 15) is 9.59 Å². The number of hydrogen-bond donors (Lipinski definition) is 0. The summed E-state index contributed by atoms with van der Waals surface area (Å²) in [5.41, 5.74) is 1.32. The van der Waals surface area contributed by atoms with Crippen molar-refractivity contribution < 1.29 is 13.9 Å². The average molecular weight is 383 g/mol. The Morgan fingerprint density at radius 1 is 1.04 bits per heavy atom. The maximum absolute atomic E-state index is 12.1. The lowest BCUT2D eigenvalue weighted by molar-refractivity contribution is -0.144. The zero-order valence-electron chi connectivity index (χ0n) is 16.9. The molecule has 8 atom stereocenters. The highest BCUT2D eigenvalue weighted by atomic mass is 16.6. The van der Waals surface area contributed by atoms with Crippen molar-refractivity contribution in [2.24, 2.45) is 28.6 Å². The molecule has 4 heteroatoms. The monoisotopic (exact) mass is 382 g/mol. The fraction of sp³-hybridized carbons (Fsp3) is 0.750. The van der Waals surface area contributed by atoms with Gasteiger partial charge in [-0.05, 0) is 79.2 Å². The minimum Gasteiger partial charge on any atom is -0.431 e. The first-order valence-corrected chi connectivity index (χ1v) is 11.2. The number of carbonyl (C=O) groups is 1. The molecule has 1 aromatic heterocycles. The van der Waals surface area contributed by atoms with Crippen molar-refractivity contribution in [2.75, 3.05) is 0 Å². The molecule has 4 nitrogen and oxygen atoms in total. The van der Waals surface area contributed by atoms with Crippen LogP contribution in [0.25, 0.3) is 0 Å². The van der Waals surface area contributed by atoms with Crippen LogP contribution in [0.5, 0.6) is 0 Å². The van der Waals surface area contributed by atoms with Crippen molar-refractivity contribution in [1.29, 1.82) is 0 Å². The molecule has 0 aromatic carbocycles. The van der Waals surface area contributed by atoms with Crippen molar-refractivity contribution in [3.8, 4) is 0 Å². The lowest BCUT2D eigenvalue weighted by Gasteiger charge is -2.60. The van der Waals surface area contributed by atoms with Crippen LogP contribution in [-0.2, 0) is 9.53 Å². The molecule has 0 N–H and O–H groups in total. The van der Waals surface area contributed by atoms with E-state index < -0.39 is 0 Å². The highest BCUT2D eigenvalue weighted by molar-refractivity contribution is 5.79. The number of fused-ring (bicyclic) bond motifs is 3. The summed E-state index contributed by atoms with van der Waals surface area (Å²) in [7, 11) is 0. The van der Waals surface area contributed by atoms with Gasteiger partial charge in [0, 0.05) is 24.3 Å². The molecule has 0 bridgehead atoms. The van der Waals surface area contributed by atoms with Gasteiger partial charge >= 0.3 is 5.63 Å². The second kappa shape index (κ2) is 5.38. The van der Waals surface area contributed by atoms with Crippen molar-refractivity contribution in [3.63, 3.8) is 0 Å². The molecule has 4 saturated carbocycles. The number of hydrogen-bond acceptors (Lipinski definition) is 4. The topological polar surface area (TPSA) is 59.8 Å². The van der Waals surface area contributed by atoms with Crippen LogP contribution in [0.2, 0.25) is 0 Å². The Bertz CT molecular complexity index is 884. The molecular weight excluding hydrogens is 352 g/mol. The molecule has 0 amide bonds. The SMILES string of the molecule is CC12CCC(=O)CC1CCC1C2CCC2(C)C(c3ccc(=O)oc3)CC3OC312. The summed E-state index contributed by atoms with van der Waals surface area (Å²) in [6.07, 6.45) is 10.5. The maximum Gasteiger partial charge on any atom is 0.335 e. The molecule has 0 radical (unpaired) electrons. The van der Waals surface area contributed by atoms with E-state index in [2.05, 4.69) is 13.8 Å². The number of carbonyl (C=O) groups excluding carboxylic acids is 1. The van der Waals surface area contributed by atoms with Gasteiger partial charge in [0.25, 0.3) is 0 Å². The third kappa shape index (κ3) is 1.96. The molecule has 5 aliphatic rings. The smallest absolute Gasteiger partial charge is 0.335 e.